The fourth-order valence-corrected chi connectivity index (χ4v) is 2.54. The number of hydrogen-bond acceptors (Lipinski definition) is 5. The summed E-state index contributed by atoms with van der Waals surface area (Å²) >= 11 is 0. The number of amides is 2. The van der Waals surface area contributed by atoms with Crippen LogP contribution in [0.2, 0.25) is 0 Å². The molecule has 150 valence electrons. The first-order valence-electron chi connectivity index (χ1n) is 8.77. The Morgan fingerprint density at radius 1 is 1.21 bits per heavy atom. The van der Waals surface area contributed by atoms with Gasteiger partial charge in [-0.1, -0.05) is 12.1 Å². The Morgan fingerprint density at radius 2 is 1.90 bits per heavy atom. The lowest BCUT2D eigenvalue weighted by atomic mass is 10.2. The van der Waals surface area contributed by atoms with E-state index in [4.69, 9.17) is 10.00 Å². The number of nitrogens with zero attached hydrogens (tertiary/aromatic N) is 2. The molecule has 0 saturated heterocycles. The van der Waals surface area contributed by atoms with Gasteiger partial charge in [-0.3, -0.25) is 9.59 Å². The minimum atomic E-state index is -1.03. The number of benzene rings is 2. The molecule has 0 unspecified atom stereocenters. The van der Waals surface area contributed by atoms with E-state index in [1.165, 1.54) is 55.3 Å². The number of nitriles is 1. The standard InChI is InChI=1S/C21H20FN3O4/c1-14(20(27)25(2)13-15-4-3-5-17(22)12-15)29-21(28)16-6-8-18(9-7-16)24-19(26)10-11-23/h3-9,12,14H,10,13H2,1-2H3,(H,24,26)/t14-/m1/s1. The van der Waals surface area contributed by atoms with E-state index >= 15 is 0 Å². The Bertz CT molecular complexity index is 938. The monoisotopic (exact) mass is 397 g/mol. The Balaban J connectivity index is 1.92. The molecule has 7 nitrogen and oxygen atoms in total. The Kier molecular flexibility index (Phi) is 7.43. The van der Waals surface area contributed by atoms with Gasteiger partial charge in [0.2, 0.25) is 5.91 Å². The van der Waals surface area contributed by atoms with E-state index in [-0.39, 0.29) is 18.5 Å². The van der Waals surface area contributed by atoms with Crippen molar-refractivity contribution < 1.29 is 23.5 Å². The zero-order chi connectivity index (χ0) is 21.4. The van der Waals surface area contributed by atoms with Crippen molar-refractivity contribution in [3.05, 3.63) is 65.5 Å². The maximum atomic E-state index is 13.3. The molecule has 0 aliphatic rings. The summed E-state index contributed by atoms with van der Waals surface area (Å²) in [7, 11) is 1.54. The molecule has 0 fully saturated rings. The minimum absolute atomic E-state index is 0.176. The van der Waals surface area contributed by atoms with Crippen LogP contribution in [0.15, 0.2) is 48.5 Å². The summed E-state index contributed by atoms with van der Waals surface area (Å²) in [5.74, 6) is -1.97. The molecule has 0 radical (unpaired) electrons. The first kappa shape index (κ1) is 21.6. The van der Waals surface area contributed by atoms with Crippen molar-refractivity contribution in [2.75, 3.05) is 12.4 Å². The van der Waals surface area contributed by atoms with Crippen molar-refractivity contribution >= 4 is 23.5 Å². The molecule has 0 spiro atoms. The molecule has 1 atom stereocenters. The molecule has 0 aliphatic carbocycles. The van der Waals surface area contributed by atoms with Gasteiger partial charge in [-0.2, -0.15) is 5.26 Å². The lowest BCUT2D eigenvalue weighted by Gasteiger charge is -2.21. The van der Waals surface area contributed by atoms with Gasteiger partial charge in [0.15, 0.2) is 6.10 Å². The van der Waals surface area contributed by atoms with Crippen LogP contribution in [0.4, 0.5) is 10.1 Å². The van der Waals surface area contributed by atoms with Crippen molar-refractivity contribution in [2.45, 2.75) is 26.0 Å². The highest BCUT2D eigenvalue weighted by Crippen LogP contribution is 2.13. The van der Waals surface area contributed by atoms with Crippen LogP contribution in [0, 0.1) is 17.1 Å². The predicted molar refractivity (Wildman–Crippen MR) is 103 cm³/mol. The van der Waals surface area contributed by atoms with Gasteiger partial charge in [0.1, 0.15) is 12.2 Å². The molecule has 0 heterocycles. The molecule has 2 amide bonds. The second-order valence-corrected chi connectivity index (χ2v) is 6.33. The number of esters is 1. The van der Waals surface area contributed by atoms with Crippen LogP contribution in [-0.4, -0.2) is 35.8 Å². The molecule has 8 heteroatoms. The summed E-state index contributed by atoms with van der Waals surface area (Å²) in [5, 5.41) is 11.0. The van der Waals surface area contributed by atoms with Crippen LogP contribution < -0.4 is 5.32 Å². The summed E-state index contributed by atoms with van der Waals surface area (Å²) in [4.78, 5) is 37.4. The van der Waals surface area contributed by atoms with Gasteiger partial charge in [0, 0.05) is 19.3 Å². The van der Waals surface area contributed by atoms with Crippen molar-refractivity contribution in [1.82, 2.24) is 4.90 Å². The third kappa shape index (κ3) is 6.43. The van der Waals surface area contributed by atoms with Crippen molar-refractivity contribution in [2.24, 2.45) is 0 Å². The second-order valence-electron chi connectivity index (χ2n) is 6.33. The average molecular weight is 397 g/mol. The van der Waals surface area contributed by atoms with Crippen LogP contribution in [0.5, 0.6) is 0 Å². The average Bonchev–Trinajstić information content (AvgIpc) is 2.68. The molecule has 2 aromatic carbocycles. The van der Waals surface area contributed by atoms with Gasteiger partial charge in [-0.25, -0.2) is 9.18 Å². The fourth-order valence-electron chi connectivity index (χ4n) is 2.54. The van der Waals surface area contributed by atoms with E-state index in [9.17, 15) is 18.8 Å². The number of likely N-dealkylation sites (N-methyl/N-ethyl adjacent to an activating group) is 1. The predicted octanol–water partition coefficient (Wildman–Crippen LogP) is 2.88. The number of hydrogen-bond donors (Lipinski definition) is 1. The molecule has 0 aromatic heterocycles. The molecular formula is C21H20FN3O4. The van der Waals surface area contributed by atoms with Gasteiger partial charge >= 0.3 is 5.97 Å². The second kappa shape index (κ2) is 9.99. The van der Waals surface area contributed by atoms with Crippen LogP contribution in [0.1, 0.15) is 29.3 Å². The van der Waals surface area contributed by atoms with Crippen LogP contribution in [0.3, 0.4) is 0 Å². The quantitative estimate of drug-likeness (QED) is 0.724. The molecule has 1 N–H and O–H groups in total. The van der Waals surface area contributed by atoms with Gasteiger partial charge in [0.05, 0.1) is 11.6 Å². The Labute approximate surface area is 167 Å². The zero-order valence-corrected chi connectivity index (χ0v) is 16.0. The van der Waals surface area contributed by atoms with Gasteiger partial charge in [-0.15, -0.1) is 0 Å². The number of halogens is 1. The summed E-state index contributed by atoms with van der Waals surface area (Å²) < 4.78 is 18.5. The zero-order valence-electron chi connectivity index (χ0n) is 16.0. The van der Waals surface area contributed by atoms with Crippen LogP contribution >= 0.6 is 0 Å². The van der Waals surface area contributed by atoms with E-state index in [2.05, 4.69) is 5.32 Å². The van der Waals surface area contributed by atoms with Gasteiger partial charge < -0.3 is 15.0 Å². The molecule has 2 rings (SSSR count). The number of carbonyl (C=O) groups is 3. The van der Waals surface area contributed by atoms with Gasteiger partial charge in [-0.05, 0) is 48.9 Å². The lowest BCUT2D eigenvalue weighted by Crippen LogP contribution is -2.37. The molecular weight excluding hydrogens is 377 g/mol. The molecule has 29 heavy (non-hydrogen) atoms. The molecule has 0 saturated carbocycles. The number of nitrogens with one attached hydrogen (secondary N) is 1. The minimum Gasteiger partial charge on any atom is -0.449 e. The van der Waals surface area contributed by atoms with E-state index < -0.39 is 29.7 Å². The van der Waals surface area contributed by atoms with Crippen molar-refractivity contribution in [3.8, 4) is 6.07 Å². The molecule has 0 bridgehead atoms. The number of rotatable bonds is 7. The van der Waals surface area contributed by atoms with Crippen LogP contribution in [0.25, 0.3) is 0 Å². The Hall–Kier alpha value is -3.73. The largest absolute Gasteiger partial charge is 0.449 e. The van der Waals surface area contributed by atoms with Crippen LogP contribution in [-0.2, 0) is 20.9 Å². The van der Waals surface area contributed by atoms with Crippen molar-refractivity contribution in [1.29, 1.82) is 5.26 Å². The number of ether oxygens (including phenoxy) is 1. The third-order valence-corrected chi connectivity index (χ3v) is 3.96. The topological polar surface area (TPSA) is 99.5 Å². The first-order valence-corrected chi connectivity index (χ1v) is 8.77. The van der Waals surface area contributed by atoms with E-state index in [0.29, 0.717) is 11.3 Å². The smallest absolute Gasteiger partial charge is 0.338 e. The highest BCUT2D eigenvalue weighted by Gasteiger charge is 2.22. The lowest BCUT2D eigenvalue weighted by molar-refractivity contribution is -0.139. The highest BCUT2D eigenvalue weighted by molar-refractivity contribution is 5.94. The number of anilines is 1. The highest BCUT2D eigenvalue weighted by atomic mass is 19.1. The van der Waals surface area contributed by atoms with Gasteiger partial charge in [0.25, 0.3) is 5.91 Å². The summed E-state index contributed by atoms with van der Waals surface area (Å²) in [6, 6.07) is 13.5. The fraction of sp³-hybridized carbons (Fsp3) is 0.238. The molecule has 0 aliphatic heterocycles. The van der Waals surface area contributed by atoms with E-state index in [1.807, 2.05) is 0 Å². The molecule has 2 aromatic rings. The first-order chi connectivity index (χ1) is 13.8. The van der Waals surface area contributed by atoms with E-state index in [0.717, 1.165) is 0 Å². The number of carbonyl (C=O) groups excluding carboxylic acids is 3. The van der Waals surface area contributed by atoms with Crippen molar-refractivity contribution in [3.63, 3.8) is 0 Å². The summed E-state index contributed by atoms with van der Waals surface area (Å²) in [6.07, 6.45) is -1.30. The summed E-state index contributed by atoms with van der Waals surface area (Å²) in [5.41, 5.74) is 1.25. The Morgan fingerprint density at radius 3 is 2.52 bits per heavy atom. The normalized spacial score (nSPS) is 11.1. The SMILES string of the molecule is C[C@@H](OC(=O)c1ccc(NC(=O)CC#N)cc1)C(=O)N(C)Cc1cccc(F)c1. The maximum Gasteiger partial charge on any atom is 0.338 e. The van der Waals surface area contributed by atoms with E-state index in [1.54, 1.807) is 18.2 Å². The third-order valence-electron chi connectivity index (χ3n) is 3.96. The maximum absolute atomic E-state index is 13.3. The summed E-state index contributed by atoms with van der Waals surface area (Å²) in [6.45, 7) is 1.63.